The summed E-state index contributed by atoms with van der Waals surface area (Å²) < 4.78 is 7.79. The zero-order valence-corrected chi connectivity index (χ0v) is 24.6. The van der Waals surface area contributed by atoms with Gasteiger partial charge in [0, 0.05) is 36.3 Å². The fourth-order valence-corrected chi connectivity index (χ4v) is 6.37. The van der Waals surface area contributed by atoms with Crippen molar-refractivity contribution in [1.29, 1.82) is 0 Å². The molecule has 4 aromatic rings. The molecule has 1 atom stereocenters. The molecule has 40 heavy (non-hydrogen) atoms. The second-order valence-electron chi connectivity index (χ2n) is 10.6. The second-order valence-corrected chi connectivity index (χ2v) is 11.5. The van der Waals surface area contributed by atoms with E-state index >= 15 is 0 Å². The van der Waals surface area contributed by atoms with Crippen LogP contribution in [0.25, 0.3) is 22.5 Å². The molecular formula is C31H28Cl2N4O3. The standard InChI is InChI=1S/C31H28Cl2N4O3/c1-15(2)36-28-25(34-29(36)21-13-17(30(38)35(4)5)8-12-23(21)40-6)31(39)37-26-16(3)7-11-22(33)24(26)20-14-18(32)9-10-19(20)27(28)37/h7-15,27H,1-6H3/t27-/m1/s1. The van der Waals surface area contributed by atoms with E-state index in [1.165, 1.54) is 4.90 Å². The Bertz CT molecular complexity index is 1740. The normalized spacial score (nSPS) is 15.1. The summed E-state index contributed by atoms with van der Waals surface area (Å²) in [7, 11) is 5.00. The number of fused-ring (bicyclic) bond motifs is 8. The first-order chi connectivity index (χ1) is 19.0. The van der Waals surface area contributed by atoms with Crippen LogP contribution in [0.15, 0.2) is 48.5 Å². The lowest BCUT2D eigenvalue weighted by atomic mass is 9.86. The summed E-state index contributed by atoms with van der Waals surface area (Å²) in [5.41, 5.74) is 6.61. The van der Waals surface area contributed by atoms with Crippen LogP contribution in [0.4, 0.5) is 5.69 Å². The van der Waals surface area contributed by atoms with Crippen LogP contribution in [-0.2, 0) is 0 Å². The number of carbonyl (C=O) groups excluding carboxylic acids is 2. The van der Waals surface area contributed by atoms with Gasteiger partial charge in [-0.05, 0) is 73.9 Å². The van der Waals surface area contributed by atoms with Crippen LogP contribution in [0.5, 0.6) is 5.75 Å². The topological polar surface area (TPSA) is 67.7 Å². The number of rotatable bonds is 4. The maximum absolute atomic E-state index is 14.3. The van der Waals surface area contributed by atoms with Crippen LogP contribution in [-0.4, -0.2) is 47.5 Å². The first kappa shape index (κ1) is 26.4. The average molecular weight is 575 g/mol. The summed E-state index contributed by atoms with van der Waals surface area (Å²) in [6, 6.07) is 14.3. The minimum atomic E-state index is -0.430. The molecular weight excluding hydrogens is 547 g/mol. The lowest BCUT2D eigenvalue weighted by Gasteiger charge is -2.37. The van der Waals surface area contributed by atoms with Crippen molar-refractivity contribution in [2.45, 2.75) is 32.9 Å². The van der Waals surface area contributed by atoms with E-state index in [4.69, 9.17) is 32.9 Å². The third-order valence-electron chi connectivity index (χ3n) is 7.65. The van der Waals surface area contributed by atoms with Gasteiger partial charge < -0.3 is 14.2 Å². The molecule has 0 N–H and O–H groups in total. The molecule has 2 aliphatic heterocycles. The van der Waals surface area contributed by atoms with E-state index in [0.717, 1.165) is 33.6 Å². The molecule has 204 valence electrons. The van der Waals surface area contributed by atoms with Crippen LogP contribution in [0.2, 0.25) is 10.0 Å². The lowest BCUT2D eigenvalue weighted by Crippen LogP contribution is -2.34. The molecule has 2 aliphatic rings. The summed E-state index contributed by atoms with van der Waals surface area (Å²) >= 11 is 13.2. The average Bonchev–Trinajstić information content (AvgIpc) is 3.45. The van der Waals surface area contributed by atoms with Crippen molar-refractivity contribution in [2.24, 2.45) is 0 Å². The number of halogens is 2. The highest BCUT2D eigenvalue weighted by Crippen LogP contribution is 2.56. The zero-order chi connectivity index (χ0) is 28.6. The number of hydrogen-bond acceptors (Lipinski definition) is 4. The molecule has 0 radical (unpaired) electrons. The molecule has 0 saturated carbocycles. The fourth-order valence-electron chi connectivity index (χ4n) is 5.94. The van der Waals surface area contributed by atoms with Gasteiger partial charge in [0.05, 0.1) is 29.1 Å². The molecule has 0 unspecified atom stereocenters. The number of hydrogen-bond donors (Lipinski definition) is 0. The Morgan fingerprint density at radius 2 is 1.80 bits per heavy atom. The van der Waals surface area contributed by atoms with Gasteiger partial charge in [-0.3, -0.25) is 14.5 Å². The fraction of sp³-hybridized carbons (Fsp3) is 0.258. The number of ether oxygens (including phenoxy) is 1. The summed E-state index contributed by atoms with van der Waals surface area (Å²) in [4.78, 5) is 35.4. The Balaban J connectivity index is 1.65. The number of methoxy groups -OCH3 is 1. The Morgan fingerprint density at radius 3 is 2.48 bits per heavy atom. The molecule has 7 nitrogen and oxygen atoms in total. The highest BCUT2D eigenvalue weighted by molar-refractivity contribution is 6.35. The van der Waals surface area contributed by atoms with E-state index in [-0.39, 0.29) is 17.9 Å². The second kappa shape index (κ2) is 9.39. The van der Waals surface area contributed by atoms with Crippen molar-refractivity contribution >= 4 is 40.7 Å². The molecule has 3 heterocycles. The molecule has 0 fully saturated rings. The minimum absolute atomic E-state index is 0.0606. The van der Waals surface area contributed by atoms with Gasteiger partial charge in [0.15, 0.2) is 5.69 Å². The number of amides is 2. The predicted octanol–water partition coefficient (Wildman–Crippen LogP) is 7.19. The van der Waals surface area contributed by atoms with E-state index in [9.17, 15) is 9.59 Å². The predicted molar refractivity (Wildman–Crippen MR) is 158 cm³/mol. The van der Waals surface area contributed by atoms with Crippen molar-refractivity contribution in [2.75, 3.05) is 26.1 Å². The number of aromatic nitrogens is 2. The van der Waals surface area contributed by atoms with Gasteiger partial charge in [0.2, 0.25) is 0 Å². The summed E-state index contributed by atoms with van der Waals surface area (Å²) in [6.45, 7) is 6.09. The smallest absolute Gasteiger partial charge is 0.279 e. The molecule has 2 amide bonds. The maximum atomic E-state index is 14.3. The van der Waals surface area contributed by atoms with Crippen LogP contribution >= 0.6 is 23.2 Å². The van der Waals surface area contributed by atoms with E-state index in [1.807, 2.05) is 42.2 Å². The van der Waals surface area contributed by atoms with Crippen molar-refractivity contribution in [1.82, 2.24) is 14.5 Å². The largest absolute Gasteiger partial charge is 0.496 e. The molecule has 3 aromatic carbocycles. The minimum Gasteiger partial charge on any atom is -0.496 e. The van der Waals surface area contributed by atoms with Crippen molar-refractivity contribution < 1.29 is 14.3 Å². The van der Waals surface area contributed by atoms with E-state index in [1.54, 1.807) is 39.4 Å². The highest BCUT2D eigenvalue weighted by Gasteiger charge is 2.49. The summed E-state index contributed by atoms with van der Waals surface area (Å²) in [5.74, 6) is 0.798. The highest BCUT2D eigenvalue weighted by atomic mass is 35.5. The van der Waals surface area contributed by atoms with Gasteiger partial charge in [-0.25, -0.2) is 4.98 Å². The Kier molecular flexibility index (Phi) is 6.20. The van der Waals surface area contributed by atoms with E-state index < -0.39 is 6.04 Å². The molecule has 1 aromatic heterocycles. The van der Waals surface area contributed by atoms with Crippen molar-refractivity contribution in [3.8, 4) is 28.3 Å². The maximum Gasteiger partial charge on any atom is 0.279 e. The number of carbonyl (C=O) groups is 2. The monoisotopic (exact) mass is 574 g/mol. The summed E-state index contributed by atoms with van der Waals surface area (Å²) in [5, 5.41) is 1.14. The number of benzene rings is 3. The van der Waals surface area contributed by atoms with E-state index in [2.05, 4.69) is 18.4 Å². The number of aryl methyl sites for hydroxylation is 1. The Hall–Kier alpha value is -3.81. The zero-order valence-electron chi connectivity index (χ0n) is 23.0. The third-order valence-corrected chi connectivity index (χ3v) is 8.20. The van der Waals surface area contributed by atoms with Gasteiger partial charge in [-0.1, -0.05) is 35.3 Å². The van der Waals surface area contributed by atoms with Gasteiger partial charge in [0.1, 0.15) is 17.6 Å². The quantitative estimate of drug-likeness (QED) is 0.259. The van der Waals surface area contributed by atoms with Crippen molar-refractivity contribution in [3.05, 3.63) is 86.7 Å². The van der Waals surface area contributed by atoms with E-state index in [0.29, 0.717) is 38.4 Å². The van der Waals surface area contributed by atoms with Gasteiger partial charge in [-0.15, -0.1) is 0 Å². The van der Waals surface area contributed by atoms with Crippen LogP contribution < -0.4 is 9.64 Å². The third kappa shape index (κ3) is 3.68. The van der Waals surface area contributed by atoms with Gasteiger partial charge in [-0.2, -0.15) is 0 Å². The van der Waals surface area contributed by atoms with Gasteiger partial charge in [0.25, 0.3) is 11.8 Å². The van der Waals surface area contributed by atoms with Crippen molar-refractivity contribution in [3.63, 3.8) is 0 Å². The Morgan fingerprint density at radius 1 is 1.05 bits per heavy atom. The lowest BCUT2D eigenvalue weighted by molar-refractivity contribution is 0.0827. The molecule has 0 spiro atoms. The number of imidazole rings is 1. The first-order valence-corrected chi connectivity index (χ1v) is 13.7. The number of anilines is 1. The molecule has 6 rings (SSSR count). The SMILES string of the molecule is COc1ccc(C(=O)N(C)C)cc1-c1nc2c(n1C(C)C)[C@H]1c3ccc(Cl)cc3-c3c(Cl)ccc(C)c3N1C2=O. The molecule has 9 heteroatoms. The van der Waals surface area contributed by atoms with Crippen LogP contribution in [0, 0.1) is 6.92 Å². The summed E-state index contributed by atoms with van der Waals surface area (Å²) in [6.07, 6.45) is 0. The Labute approximate surface area is 242 Å². The van der Waals surface area contributed by atoms with Crippen LogP contribution in [0.1, 0.15) is 63.6 Å². The first-order valence-electron chi connectivity index (χ1n) is 13.0. The number of nitrogens with zero attached hydrogens (tertiary/aromatic N) is 4. The molecule has 0 saturated heterocycles. The molecule has 0 aliphatic carbocycles. The van der Waals surface area contributed by atoms with Gasteiger partial charge >= 0.3 is 0 Å². The van der Waals surface area contributed by atoms with Crippen LogP contribution in [0.3, 0.4) is 0 Å². The molecule has 0 bridgehead atoms.